The van der Waals surface area contributed by atoms with Gasteiger partial charge in [-0.05, 0) is 35.7 Å². The summed E-state index contributed by atoms with van der Waals surface area (Å²) >= 11 is 1.55. The summed E-state index contributed by atoms with van der Waals surface area (Å²) < 4.78 is 5.19. The van der Waals surface area contributed by atoms with Gasteiger partial charge in [0.05, 0.1) is 0 Å². The standard InChI is InChI=1S/C17H16N4O3S/c1-21(13-4-2-11(3-5-13)16(18)23)15(22)7-6-14-19-17(20-24-14)12-8-9-25-10-12/h2-5,8-10H,6-7H2,1H3,(H2,18,23). The van der Waals surface area contributed by atoms with Gasteiger partial charge in [-0.25, -0.2) is 0 Å². The number of nitrogens with two attached hydrogens (primary N) is 1. The minimum Gasteiger partial charge on any atom is -0.366 e. The lowest BCUT2D eigenvalue weighted by Gasteiger charge is -2.17. The molecule has 3 aromatic rings. The van der Waals surface area contributed by atoms with Gasteiger partial charge in [0.2, 0.25) is 23.5 Å². The van der Waals surface area contributed by atoms with Crippen molar-refractivity contribution in [2.75, 3.05) is 11.9 Å². The Morgan fingerprint density at radius 3 is 2.64 bits per heavy atom. The van der Waals surface area contributed by atoms with E-state index >= 15 is 0 Å². The van der Waals surface area contributed by atoms with Crippen LogP contribution in [0.1, 0.15) is 22.7 Å². The van der Waals surface area contributed by atoms with Gasteiger partial charge in [0.25, 0.3) is 0 Å². The summed E-state index contributed by atoms with van der Waals surface area (Å²) in [4.78, 5) is 29.2. The fourth-order valence-corrected chi connectivity index (χ4v) is 2.87. The molecule has 2 amide bonds. The summed E-state index contributed by atoms with van der Waals surface area (Å²) in [7, 11) is 1.67. The van der Waals surface area contributed by atoms with E-state index in [0.29, 0.717) is 29.4 Å². The third kappa shape index (κ3) is 3.92. The van der Waals surface area contributed by atoms with Gasteiger partial charge in [-0.15, -0.1) is 0 Å². The summed E-state index contributed by atoms with van der Waals surface area (Å²) in [5.41, 5.74) is 7.19. The molecule has 2 N–H and O–H groups in total. The van der Waals surface area contributed by atoms with Crippen LogP contribution in [0.4, 0.5) is 5.69 Å². The molecule has 0 fully saturated rings. The number of aromatic nitrogens is 2. The number of amides is 2. The Balaban J connectivity index is 1.59. The maximum atomic E-state index is 12.3. The molecule has 0 radical (unpaired) electrons. The summed E-state index contributed by atoms with van der Waals surface area (Å²) in [5, 5.41) is 7.79. The van der Waals surface area contributed by atoms with Gasteiger partial charge in [-0.1, -0.05) is 5.16 Å². The minimum absolute atomic E-state index is 0.0953. The van der Waals surface area contributed by atoms with E-state index in [-0.39, 0.29) is 12.3 Å². The third-order valence-corrected chi connectivity index (χ3v) is 4.40. The lowest BCUT2D eigenvalue weighted by Crippen LogP contribution is -2.26. The zero-order valence-corrected chi connectivity index (χ0v) is 14.3. The molecular weight excluding hydrogens is 340 g/mol. The highest BCUT2D eigenvalue weighted by Gasteiger charge is 2.15. The molecule has 0 spiro atoms. The van der Waals surface area contributed by atoms with Gasteiger partial charge in [0.15, 0.2) is 0 Å². The number of primary amides is 1. The van der Waals surface area contributed by atoms with Crippen LogP contribution in [0.3, 0.4) is 0 Å². The molecule has 3 rings (SSSR count). The van der Waals surface area contributed by atoms with Gasteiger partial charge < -0.3 is 15.2 Å². The third-order valence-electron chi connectivity index (χ3n) is 3.71. The number of nitrogens with zero attached hydrogens (tertiary/aromatic N) is 3. The van der Waals surface area contributed by atoms with Gasteiger partial charge in [0.1, 0.15) is 0 Å². The molecule has 0 saturated carbocycles. The molecule has 128 valence electrons. The van der Waals surface area contributed by atoms with E-state index in [0.717, 1.165) is 5.56 Å². The van der Waals surface area contributed by atoms with E-state index in [4.69, 9.17) is 10.3 Å². The molecule has 0 bridgehead atoms. The molecule has 0 aliphatic carbocycles. The van der Waals surface area contributed by atoms with Gasteiger partial charge in [-0.2, -0.15) is 16.3 Å². The van der Waals surface area contributed by atoms with E-state index in [1.165, 1.54) is 4.90 Å². The number of rotatable bonds is 6. The van der Waals surface area contributed by atoms with Crippen molar-refractivity contribution < 1.29 is 14.1 Å². The molecule has 8 heteroatoms. The quantitative estimate of drug-likeness (QED) is 0.731. The summed E-state index contributed by atoms with van der Waals surface area (Å²) in [5.74, 6) is 0.353. The van der Waals surface area contributed by atoms with E-state index < -0.39 is 5.91 Å². The molecular formula is C17H16N4O3S. The van der Waals surface area contributed by atoms with Crippen LogP contribution in [-0.2, 0) is 11.2 Å². The van der Waals surface area contributed by atoms with Crippen molar-refractivity contribution in [1.29, 1.82) is 0 Å². The number of aryl methyl sites for hydroxylation is 1. The number of anilines is 1. The highest BCUT2D eigenvalue weighted by Crippen LogP contribution is 2.19. The second kappa shape index (κ2) is 7.27. The Hall–Kier alpha value is -3.00. The van der Waals surface area contributed by atoms with Gasteiger partial charge in [0, 0.05) is 42.1 Å². The van der Waals surface area contributed by atoms with Crippen molar-refractivity contribution >= 4 is 28.8 Å². The lowest BCUT2D eigenvalue weighted by molar-refractivity contribution is -0.118. The van der Waals surface area contributed by atoms with Crippen molar-refractivity contribution in [3.8, 4) is 11.4 Å². The molecule has 25 heavy (non-hydrogen) atoms. The second-order valence-electron chi connectivity index (χ2n) is 5.39. The summed E-state index contributed by atoms with van der Waals surface area (Å²) in [6.45, 7) is 0. The molecule has 0 atom stereocenters. The van der Waals surface area contributed by atoms with Gasteiger partial charge >= 0.3 is 0 Å². The first-order valence-electron chi connectivity index (χ1n) is 7.56. The molecule has 0 saturated heterocycles. The van der Waals surface area contributed by atoms with Crippen LogP contribution >= 0.6 is 11.3 Å². The molecule has 0 aliphatic heterocycles. The Bertz CT molecular complexity index is 872. The Morgan fingerprint density at radius 1 is 1.24 bits per heavy atom. The maximum Gasteiger partial charge on any atom is 0.248 e. The van der Waals surface area contributed by atoms with E-state index in [9.17, 15) is 9.59 Å². The van der Waals surface area contributed by atoms with Crippen LogP contribution < -0.4 is 10.6 Å². The average Bonchev–Trinajstić information content (AvgIpc) is 3.30. The SMILES string of the molecule is CN(C(=O)CCc1nc(-c2ccsc2)no1)c1ccc(C(N)=O)cc1. The first-order chi connectivity index (χ1) is 12.0. The zero-order chi connectivity index (χ0) is 17.8. The number of carbonyl (C=O) groups excluding carboxylic acids is 2. The van der Waals surface area contributed by atoms with Crippen molar-refractivity contribution in [2.45, 2.75) is 12.8 Å². The molecule has 0 aliphatic rings. The fourth-order valence-electron chi connectivity index (χ4n) is 2.24. The first-order valence-corrected chi connectivity index (χ1v) is 8.50. The molecule has 7 nitrogen and oxygen atoms in total. The lowest BCUT2D eigenvalue weighted by atomic mass is 10.2. The predicted molar refractivity (Wildman–Crippen MR) is 94.3 cm³/mol. The van der Waals surface area contributed by atoms with E-state index in [1.807, 2.05) is 16.8 Å². The largest absolute Gasteiger partial charge is 0.366 e. The molecule has 2 aromatic heterocycles. The highest BCUT2D eigenvalue weighted by molar-refractivity contribution is 7.08. The van der Waals surface area contributed by atoms with Gasteiger partial charge in [-0.3, -0.25) is 9.59 Å². The predicted octanol–water partition coefficient (Wildman–Crippen LogP) is 2.49. The van der Waals surface area contributed by atoms with Crippen LogP contribution in [0.25, 0.3) is 11.4 Å². The minimum atomic E-state index is -0.502. The number of hydrogen-bond acceptors (Lipinski definition) is 6. The van der Waals surface area contributed by atoms with E-state index in [1.54, 1.807) is 42.6 Å². The van der Waals surface area contributed by atoms with Crippen LogP contribution in [0.2, 0.25) is 0 Å². The van der Waals surface area contributed by atoms with Crippen LogP contribution in [-0.4, -0.2) is 29.0 Å². The molecule has 1 aromatic carbocycles. The topological polar surface area (TPSA) is 102 Å². The van der Waals surface area contributed by atoms with Crippen LogP contribution in [0.5, 0.6) is 0 Å². The first kappa shape index (κ1) is 16.8. The average molecular weight is 356 g/mol. The highest BCUT2D eigenvalue weighted by atomic mass is 32.1. The van der Waals surface area contributed by atoms with Crippen LogP contribution in [0, 0.1) is 0 Å². The van der Waals surface area contributed by atoms with Crippen LogP contribution in [0.15, 0.2) is 45.6 Å². The zero-order valence-electron chi connectivity index (χ0n) is 13.5. The number of carbonyl (C=O) groups is 2. The molecule has 0 unspecified atom stereocenters. The fraction of sp³-hybridized carbons (Fsp3) is 0.176. The Labute approximate surface area is 148 Å². The summed E-state index contributed by atoms with van der Waals surface area (Å²) in [6.07, 6.45) is 0.596. The Morgan fingerprint density at radius 2 is 2.00 bits per heavy atom. The Kier molecular flexibility index (Phi) is 4.90. The van der Waals surface area contributed by atoms with Crippen molar-refractivity contribution in [1.82, 2.24) is 10.1 Å². The molecule has 2 heterocycles. The van der Waals surface area contributed by atoms with Crippen molar-refractivity contribution in [2.24, 2.45) is 5.73 Å². The second-order valence-corrected chi connectivity index (χ2v) is 6.17. The number of benzene rings is 1. The normalized spacial score (nSPS) is 10.6. The van der Waals surface area contributed by atoms with E-state index in [2.05, 4.69) is 10.1 Å². The number of thiophene rings is 1. The maximum absolute atomic E-state index is 12.3. The smallest absolute Gasteiger partial charge is 0.248 e. The van der Waals surface area contributed by atoms with Crippen molar-refractivity contribution in [3.63, 3.8) is 0 Å². The summed E-state index contributed by atoms with van der Waals surface area (Å²) in [6, 6.07) is 8.45. The monoisotopic (exact) mass is 356 g/mol. The number of hydrogen-bond donors (Lipinski definition) is 1. The van der Waals surface area contributed by atoms with Crippen molar-refractivity contribution in [3.05, 3.63) is 52.5 Å².